The quantitative estimate of drug-likeness (QED) is 0.775. The van der Waals surface area contributed by atoms with Crippen LogP contribution in [0.2, 0.25) is 0 Å². The van der Waals surface area contributed by atoms with Crippen LogP contribution in [0.25, 0.3) is 0 Å². The van der Waals surface area contributed by atoms with Crippen molar-refractivity contribution in [2.24, 2.45) is 5.73 Å². The first-order valence-corrected chi connectivity index (χ1v) is 5.09. The molecule has 2 rings (SSSR count). The molecule has 0 aromatic carbocycles. The number of aryl methyl sites for hydroxylation is 1. The Bertz CT molecular complexity index is 314. The van der Waals surface area contributed by atoms with Gasteiger partial charge in [0, 0.05) is 17.8 Å². The third kappa shape index (κ3) is 2.04. The summed E-state index contributed by atoms with van der Waals surface area (Å²) in [6, 6.07) is 4.24. The van der Waals surface area contributed by atoms with E-state index in [1.54, 1.807) is 6.20 Å². The lowest BCUT2D eigenvalue weighted by Gasteiger charge is -2.13. The van der Waals surface area contributed by atoms with E-state index < -0.39 is 0 Å². The molecule has 0 spiro atoms. The molecule has 1 fully saturated rings. The zero-order chi connectivity index (χ0) is 9.97. The standard InChI is InChI=1S/C11H16N2O/c1-8-3-2-6-13-11(8)14-10-5-4-9(12)7-10/h2-3,6,9-10H,4-5,7,12H2,1H3. The SMILES string of the molecule is Cc1cccnc1OC1CCC(N)C1. The van der Waals surface area contributed by atoms with Crippen molar-refractivity contribution in [1.29, 1.82) is 0 Å². The Morgan fingerprint density at radius 3 is 3.00 bits per heavy atom. The van der Waals surface area contributed by atoms with Gasteiger partial charge in [0.15, 0.2) is 0 Å². The normalized spacial score (nSPS) is 26.4. The van der Waals surface area contributed by atoms with E-state index in [1.807, 2.05) is 19.1 Å². The number of nitrogens with zero attached hydrogens (tertiary/aromatic N) is 1. The van der Waals surface area contributed by atoms with Crippen LogP contribution in [0, 0.1) is 6.92 Å². The fraction of sp³-hybridized carbons (Fsp3) is 0.545. The molecule has 1 saturated carbocycles. The highest BCUT2D eigenvalue weighted by Gasteiger charge is 2.23. The van der Waals surface area contributed by atoms with Crippen molar-refractivity contribution in [2.45, 2.75) is 38.3 Å². The predicted molar refractivity (Wildman–Crippen MR) is 55.2 cm³/mol. The summed E-state index contributed by atoms with van der Waals surface area (Å²) in [6.45, 7) is 2.01. The first kappa shape index (κ1) is 9.46. The van der Waals surface area contributed by atoms with Crippen LogP contribution in [0.3, 0.4) is 0 Å². The van der Waals surface area contributed by atoms with Crippen molar-refractivity contribution < 1.29 is 4.74 Å². The first-order chi connectivity index (χ1) is 6.75. The van der Waals surface area contributed by atoms with Gasteiger partial charge in [-0.15, -0.1) is 0 Å². The van der Waals surface area contributed by atoms with Gasteiger partial charge in [0.25, 0.3) is 0 Å². The van der Waals surface area contributed by atoms with Crippen LogP contribution in [0.15, 0.2) is 18.3 Å². The van der Waals surface area contributed by atoms with Gasteiger partial charge in [-0.25, -0.2) is 4.98 Å². The van der Waals surface area contributed by atoms with E-state index in [0.29, 0.717) is 6.04 Å². The van der Waals surface area contributed by atoms with Crippen LogP contribution in [-0.4, -0.2) is 17.1 Å². The average molecular weight is 192 g/mol. The van der Waals surface area contributed by atoms with Gasteiger partial charge in [-0.1, -0.05) is 6.07 Å². The molecule has 1 aliphatic carbocycles. The fourth-order valence-corrected chi connectivity index (χ4v) is 1.83. The minimum Gasteiger partial charge on any atom is -0.474 e. The third-order valence-corrected chi connectivity index (χ3v) is 2.66. The molecule has 0 saturated heterocycles. The van der Waals surface area contributed by atoms with Crippen molar-refractivity contribution in [3.8, 4) is 5.88 Å². The number of ether oxygens (including phenoxy) is 1. The first-order valence-electron chi connectivity index (χ1n) is 5.09. The van der Waals surface area contributed by atoms with E-state index in [2.05, 4.69) is 4.98 Å². The summed E-state index contributed by atoms with van der Waals surface area (Å²) in [5.74, 6) is 0.756. The Morgan fingerprint density at radius 1 is 1.50 bits per heavy atom. The maximum absolute atomic E-state index is 5.82. The molecular formula is C11H16N2O. The largest absolute Gasteiger partial charge is 0.474 e. The number of hydrogen-bond donors (Lipinski definition) is 1. The van der Waals surface area contributed by atoms with Crippen molar-refractivity contribution in [1.82, 2.24) is 4.98 Å². The second-order valence-corrected chi connectivity index (χ2v) is 3.94. The zero-order valence-corrected chi connectivity index (χ0v) is 8.44. The molecule has 14 heavy (non-hydrogen) atoms. The van der Waals surface area contributed by atoms with Crippen molar-refractivity contribution in [3.63, 3.8) is 0 Å². The summed E-state index contributed by atoms with van der Waals surface area (Å²) < 4.78 is 5.79. The molecule has 0 amide bonds. The number of nitrogens with two attached hydrogens (primary N) is 1. The van der Waals surface area contributed by atoms with Gasteiger partial charge < -0.3 is 10.5 Å². The maximum atomic E-state index is 5.82. The molecule has 1 aromatic rings. The Labute approximate surface area is 84.3 Å². The van der Waals surface area contributed by atoms with Crippen LogP contribution < -0.4 is 10.5 Å². The van der Waals surface area contributed by atoms with Gasteiger partial charge >= 0.3 is 0 Å². The van der Waals surface area contributed by atoms with Gasteiger partial charge in [0.1, 0.15) is 6.10 Å². The lowest BCUT2D eigenvalue weighted by molar-refractivity contribution is 0.198. The topological polar surface area (TPSA) is 48.1 Å². The molecule has 1 aromatic heterocycles. The third-order valence-electron chi connectivity index (χ3n) is 2.66. The lowest BCUT2D eigenvalue weighted by atomic mass is 10.2. The molecule has 3 heteroatoms. The lowest BCUT2D eigenvalue weighted by Crippen LogP contribution is -2.19. The summed E-state index contributed by atoms with van der Waals surface area (Å²) in [6.07, 6.45) is 5.10. The van der Waals surface area contributed by atoms with Gasteiger partial charge in [0.05, 0.1) is 0 Å². The number of hydrogen-bond acceptors (Lipinski definition) is 3. The Hall–Kier alpha value is -1.09. The molecule has 3 nitrogen and oxygen atoms in total. The summed E-state index contributed by atoms with van der Waals surface area (Å²) >= 11 is 0. The number of rotatable bonds is 2. The van der Waals surface area contributed by atoms with E-state index in [1.165, 1.54) is 0 Å². The highest BCUT2D eigenvalue weighted by atomic mass is 16.5. The summed E-state index contributed by atoms with van der Waals surface area (Å²) in [5, 5.41) is 0. The molecule has 2 atom stereocenters. The van der Waals surface area contributed by atoms with Crippen LogP contribution in [0.4, 0.5) is 0 Å². The maximum Gasteiger partial charge on any atom is 0.216 e. The monoisotopic (exact) mass is 192 g/mol. The second-order valence-electron chi connectivity index (χ2n) is 3.94. The molecule has 1 aliphatic rings. The van der Waals surface area contributed by atoms with Gasteiger partial charge in [-0.3, -0.25) is 0 Å². The number of aromatic nitrogens is 1. The summed E-state index contributed by atoms with van der Waals surface area (Å²) in [4.78, 5) is 4.20. The van der Waals surface area contributed by atoms with Crippen molar-refractivity contribution in [2.75, 3.05) is 0 Å². The van der Waals surface area contributed by atoms with E-state index in [0.717, 1.165) is 30.7 Å². The van der Waals surface area contributed by atoms with Crippen LogP contribution in [-0.2, 0) is 0 Å². The highest BCUT2D eigenvalue weighted by Crippen LogP contribution is 2.23. The molecule has 2 N–H and O–H groups in total. The Balaban J connectivity index is 2.01. The molecule has 2 unspecified atom stereocenters. The summed E-state index contributed by atoms with van der Waals surface area (Å²) in [5.41, 5.74) is 6.91. The van der Waals surface area contributed by atoms with Gasteiger partial charge in [-0.2, -0.15) is 0 Å². The van der Waals surface area contributed by atoms with Crippen LogP contribution in [0.1, 0.15) is 24.8 Å². The molecular weight excluding hydrogens is 176 g/mol. The molecule has 0 bridgehead atoms. The fourth-order valence-electron chi connectivity index (χ4n) is 1.83. The van der Waals surface area contributed by atoms with E-state index >= 15 is 0 Å². The highest BCUT2D eigenvalue weighted by molar-refractivity contribution is 5.23. The predicted octanol–water partition coefficient (Wildman–Crippen LogP) is 1.65. The zero-order valence-electron chi connectivity index (χ0n) is 8.44. The van der Waals surface area contributed by atoms with Crippen LogP contribution >= 0.6 is 0 Å². The Morgan fingerprint density at radius 2 is 2.36 bits per heavy atom. The summed E-state index contributed by atoms with van der Waals surface area (Å²) in [7, 11) is 0. The molecule has 1 heterocycles. The molecule has 0 radical (unpaired) electrons. The molecule has 76 valence electrons. The minimum absolute atomic E-state index is 0.263. The van der Waals surface area contributed by atoms with E-state index in [4.69, 9.17) is 10.5 Å². The number of pyridine rings is 1. The van der Waals surface area contributed by atoms with E-state index in [-0.39, 0.29) is 6.10 Å². The van der Waals surface area contributed by atoms with Crippen molar-refractivity contribution >= 4 is 0 Å². The van der Waals surface area contributed by atoms with Crippen molar-refractivity contribution in [3.05, 3.63) is 23.9 Å². The van der Waals surface area contributed by atoms with Crippen LogP contribution in [0.5, 0.6) is 5.88 Å². The van der Waals surface area contributed by atoms with Gasteiger partial charge in [0.2, 0.25) is 5.88 Å². The smallest absolute Gasteiger partial charge is 0.216 e. The minimum atomic E-state index is 0.263. The second kappa shape index (κ2) is 3.96. The van der Waals surface area contributed by atoms with E-state index in [9.17, 15) is 0 Å². The Kier molecular flexibility index (Phi) is 2.68. The molecule has 0 aliphatic heterocycles. The average Bonchev–Trinajstić information content (AvgIpc) is 2.56. The van der Waals surface area contributed by atoms with Gasteiger partial charge in [-0.05, 0) is 32.3 Å².